The van der Waals surface area contributed by atoms with Crippen LogP contribution in [0.15, 0.2) is 34.3 Å². The third-order valence-electron chi connectivity index (χ3n) is 2.77. The van der Waals surface area contributed by atoms with Crippen LogP contribution >= 0.6 is 0 Å². The molecule has 102 valence electrons. The number of hydrazone groups is 1. The number of hydrogen-bond donors (Lipinski definition) is 1. The molecule has 19 heavy (non-hydrogen) atoms. The Morgan fingerprint density at radius 3 is 2.47 bits per heavy atom. The second kappa shape index (κ2) is 5.10. The molecule has 0 aliphatic carbocycles. The van der Waals surface area contributed by atoms with Crippen LogP contribution in [0.4, 0.5) is 0 Å². The standard InChI is InChI=1S/C12H14N2O4S/c1-2-7-14-12(15)8-11(13-14)9-3-5-10(6-4-9)19(16,17)18/h3-6H,2,7-8H2,1H3,(H,16,17,18). The Morgan fingerprint density at radius 2 is 1.95 bits per heavy atom. The van der Waals surface area contributed by atoms with E-state index in [2.05, 4.69) is 5.10 Å². The molecule has 1 amide bonds. The van der Waals surface area contributed by atoms with Crippen molar-refractivity contribution in [3.05, 3.63) is 29.8 Å². The van der Waals surface area contributed by atoms with Crippen molar-refractivity contribution >= 4 is 21.7 Å². The van der Waals surface area contributed by atoms with E-state index in [4.69, 9.17) is 4.55 Å². The van der Waals surface area contributed by atoms with Crippen LogP contribution in [0.25, 0.3) is 0 Å². The van der Waals surface area contributed by atoms with Crippen LogP contribution in [0.3, 0.4) is 0 Å². The van der Waals surface area contributed by atoms with Gasteiger partial charge in [-0.05, 0) is 24.1 Å². The van der Waals surface area contributed by atoms with E-state index in [-0.39, 0.29) is 17.2 Å². The van der Waals surface area contributed by atoms with Crippen molar-refractivity contribution in [1.82, 2.24) is 5.01 Å². The minimum absolute atomic E-state index is 0.0595. The highest BCUT2D eigenvalue weighted by Crippen LogP contribution is 2.17. The number of rotatable bonds is 4. The monoisotopic (exact) mass is 282 g/mol. The lowest BCUT2D eigenvalue weighted by Gasteiger charge is -2.08. The van der Waals surface area contributed by atoms with Gasteiger partial charge in [0.1, 0.15) is 0 Å². The van der Waals surface area contributed by atoms with Gasteiger partial charge >= 0.3 is 0 Å². The van der Waals surface area contributed by atoms with Gasteiger partial charge in [0.15, 0.2) is 0 Å². The van der Waals surface area contributed by atoms with Crippen LogP contribution in [0, 0.1) is 0 Å². The van der Waals surface area contributed by atoms with E-state index in [9.17, 15) is 13.2 Å². The second-order valence-electron chi connectivity index (χ2n) is 4.24. The second-order valence-corrected chi connectivity index (χ2v) is 5.66. The van der Waals surface area contributed by atoms with Gasteiger partial charge in [0.05, 0.1) is 17.0 Å². The van der Waals surface area contributed by atoms with Gasteiger partial charge in [-0.2, -0.15) is 13.5 Å². The Morgan fingerprint density at radius 1 is 1.32 bits per heavy atom. The van der Waals surface area contributed by atoms with Gasteiger partial charge in [0.2, 0.25) is 5.91 Å². The molecule has 0 radical (unpaired) electrons. The number of hydrogen-bond acceptors (Lipinski definition) is 4. The van der Waals surface area contributed by atoms with Crippen molar-refractivity contribution in [2.24, 2.45) is 5.10 Å². The van der Waals surface area contributed by atoms with E-state index in [1.807, 2.05) is 6.92 Å². The van der Waals surface area contributed by atoms with Gasteiger partial charge in [-0.25, -0.2) is 5.01 Å². The molecule has 7 heteroatoms. The predicted molar refractivity (Wildman–Crippen MR) is 69.4 cm³/mol. The Balaban J connectivity index is 2.24. The van der Waals surface area contributed by atoms with Crippen LogP contribution in [0.2, 0.25) is 0 Å². The Bertz CT molecular complexity index is 620. The zero-order valence-corrected chi connectivity index (χ0v) is 11.2. The summed E-state index contributed by atoms with van der Waals surface area (Å²) in [6, 6.07) is 5.65. The summed E-state index contributed by atoms with van der Waals surface area (Å²) in [5, 5.41) is 5.63. The van der Waals surface area contributed by atoms with E-state index in [1.165, 1.54) is 29.3 Å². The van der Waals surface area contributed by atoms with Crippen LogP contribution in [0.1, 0.15) is 25.3 Å². The van der Waals surface area contributed by atoms with Gasteiger partial charge in [-0.1, -0.05) is 19.1 Å². The molecule has 0 saturated heterocycles. The summed E-state index contributed by atoms with van der Waals surface area (Å²) in [4.78, 5) is 11.5. The lowest BCUT2D eigenvalue weighted by Crippen LogP contribution is -2.21. The summed E-state index contributed by atoms with van der Waals surface area (Å²) < 4.78 is 30.7. The van der Waals surface area contributed by atoms with Gasteiger partial charge in [0.25, 0.3) is 10.1 Å². The zero-order valence-electron chi connectivity index (χ0n) is 10.4. The summed E-state index contributed by atoms with van der Waals surface area (Å²) >= 11 is 0. The molecule has 0 aromatic heterocycles. The maximum atomic E-state index is 11.6. The molecule has 1 aliphatic heterocycles. The molecule has 0 bridgehead atoms. The predicted octanol–water partition coefficient (Wildman–Crippen LogP) is 1.28. The first kappa shape index (κ1) is 13.7. The molecule has 1 aromatic rings. The topological polar surface area (TPSA) is 87.0 Å². The van der Waals surface area contributed by atoms with Gasteiger partial charge in [-0.15, -0.1) is 0 Å². The summed E-state index contributed by atoms with van der Waals surface area (Å²) in [6.07, 6.45) is 1.04. The van der Waals surface area contributed by atoms with E-state index < -0.39 is 10.1 Å². The number of benzene rings is 1. The molecule has 1 aromatic carbocycles. The van der Waals surface area contributed by atoms with E-state index >= 15 is 0 Å². The summed E-state index contributed by atoms with van der Waals surface area (Å²) in [6.45, 7) is 2.53. The SMILES string of the molecule is CCCN1N=C(c2ccc(S(=O)(=O)O)cc2)CC1=O. The number of carbonyl (C=O) groups excluding carboxylic acids is 1. The maximum absolute atomic E-state index is 11.6. The van der Waals surface area contributed by atoms with Crippen molar-refractivity contribution < 1.29 is 17.8 Å². The zero-order chi connectivity index (χ0) is 14.0. The molecule has 0 atom stereocenters. The molecule has 0 unspecified atom stereocenters. The molecule has 0 fully saturated rings. The highest BCUT2D eigenvalue weighted by molar-refractivity contribution is 7.85. The van der Waals surface area contributed by atoms with Crippen LogP contribution < -0.4 is 0 Å². The van der Waals surface area contributed by atoms with Gasteiger partial charge in [-0.3, -0.25) is 9.35 Å². The average Bonchev–Trinajstić information content (AvgIpc) is 2.71. The molecule has 1 heterocycles. The van der Waals surface area contributed by atoms with E-state index in [0.717, 1.165) is 6.42 Å². The summed E-state index contributed by atoms with van der Waals surface area (Å²) in [5.74, 6) is -0.0595. The number of carbonyl (C=O) groups is 1. The molecule has 1 N–H and O–H groups in total. The Kier molecular flexibility index (Phi) is 3.68. The van der Waals surface area contributed by atoms with Crippen molar-refractivity contribution in [2.45, 2.75) is 24.7 Å². The van der Waals surface area contributed by atoms with Crippen molar-refractivity contribution in [3.8, 4) is 0 Å². The van der Waals surface area contributed by atoms with Gasteiger partial charge < -0.3 is 0 Å². The summed E-state index contributed by atoms with van der Waals surface area (Å²) in [5.41, 5.74) is 1.29. The van der Waals surface area contributed by atoms with E-state index in [0.29, 0.717) is 17.8 Å². The van der Waals surface area contributed by atoms with Gasteiger partial charge in [0, 0.05) is 6.54 Å². The summed E-state index contributed by atoms with van der Waals surface area (Å²) in [7, 11) is -4.19. The van der Waals surface area contributed by atoms with Crippen molar-refractivity contribution in [3.63, 3.8) is 0 Å². The van der Waals surface area contributed by atoms with Crippen LogP contribution in [0.5, 0.6) is 0 Å². The average molecular weight is 282 g/mol. The molecular weight excluding hydrogens is 268 g/mol. The Labute approximate surface area is 111 Å². The number of amides is 1. The first-order chi connectivity index (χ1) is 8.91. The first-order valence-corrected chi connectivity index (χ1v) is 7.31. The fraction of sp³-hybridized carbons (Fsp3) is 0.333. The number of nitrogens with zero attached hydrogens (tertiary/aromatic N) is 2. The third-order valence-corrected chi connectivity index (χ3v) is 3.64. The van der Waals surface area contributed by atoms with Crippen molar-refractivity contribution in [1.29, 1.82) is 0 Å². The van der Waals surface area contributed by atoms with Crippen molar-refractivity contribution in [2.75, 3.05) is 6.54 Å². The largest absolute Gasteiger partial charge is 0.294 e. The maximum Gasteiger partial charge on any atom is 0.294 e. The molecule has 1 aliphatic rings. The smallest absolute Gasteiger partial charge is 0.282 e. The highest BCUT2D eigenvalue weighted by Gasteiger charge is 2.24. The van der Waals surface area contributed by atoms with Crippen LogP contribution in [-0.4, -0.2) is 36.1 Å². The van der Waals surface area contributed by atoms with E-state index in [1.54, 1.807) is 0 Å². The molecular formula is C12H14N2O4S. The third kappa shape index (κ3) is 2.99. The first-order valence-electron chi connectivity index (χ1n) is 5.87. The normalized spacial score (nSPS) is 15.8. The minimum atomic E-state index is -4.19. The molecule has 0 spiro atoms. The Hall–Kier alpha value is -1.73. The molecule has 6 nitrogen and oxygen atoms in total. The molecule has 0 saturated carbocycles. The minimum Gasteiger partial charge on any atom is -0.282 e. The fourth-order valence-corrected chi connectivity index (χ4v) is 2.32. The molecule has 2 rings (SSSR count). The quantitative estimate of drug-likeness (QED) is 0.843. The fourth-order valence-electron chi connectivity index (χ4n) is 1.84. The van der Waals surface area contributed by atoms with Crippen LogP contribution in [-0.2, 0) is 14.9 Å². The lowest BCUT2D eigenvalue weighted by molar-refractivity contribution is -0.128. The highest BCUT2D eigenvalue weighted by atomic mass is 32.2. The lowest BCUT2D eigenvalue weighted by atomic mass is 10.1.